The van der Waals surface area contributed by atoms with Gasteiger partial charge in [-0.25, -0.2) is 0 Å². The number of nitrogens with zero attached hydrogens (tertiary/aromatic N) is 2. The number of amides is 1. The van der Waals surface area contributed by atoms with Gasteiger partial charge in [-0.1, -0.05) is 19.8 Å². The van der Waals surface area contributed by atoms with Crippen molar-refractivity contribution in [1.29, 1.82) is 0 Å². The third-order valence-corrected chi connectivity index (χ3v) is 6.29. The van der Waals surface area contributed by atoms with Crippen LogP contribution < -0.4 is 10.5 Å². The molecule has 1 saturated heterocycles. The maximum atomic E-state index is 12.9. The van der Waals surface area contributed by atoms with Crippen molar-refractivity contribution in [2.45, 2.75) is 78.9 Å². The molecule has 1 aliphatic rings. The molecule has 28 heavy (non-hydrogen) atoms. The molecule has 1 unspecified atom stereocenters. The van der Waals surface area contributed by atoms with Gasteiger partial charge in [0.25, 0.3) is 5.91 Å². The number of carbonyl (C=O) groups excluding carboxylic acids is 1. The Balaban J connectivity index is 1.91. The summed E-state index contributed by atoms with van der Waals surface area (Å²) in [6.45, 7) is 13.4. The van der Waals surface area contributed by atoms with Crippen molar-refractivity contribution in [2.24, 2.45) is 0 Å². The van der Waals surface area contributed by atoms with Gasteiger partial charge >= 0.3 is 0 Å². The Morgan fingerprint density at radius 3 is 2.50 bits per heavy atom. The SMILES string of the molecule is CCCCCN1CCC(N(C)C(=O)C(C)Oc2cc(C)c(N)c(C)c2C)CC1. The summed E-state index contributed by atoms with van der Waals surface area (Å²) in [5, 5.41) is 0. The molecule has 5 heteroatoms. The van der Waals surface area contributed by atoms with Crippen molar-refractivity contribution in [1.82, 2.24) is 9.80 Å². The molecule has 0 bridgehead atoms. The highest BCUT2D eigenvalue weighted by Gasteiger charge is 2.29. The van der Waals surface area contributed by atoms with Gasteiger partial charge in [0.2, 0.25) is 0 Å². The Morgan fingerprint density at radius 1 is 1.25 bits per heavy atom. The van der Waals surface area contributed by atoms with Crippen LogP contribution in [0.4, 0.5) is 5.69 Å². The average molecular weight is 390 g/mol. The van der Waals surface area contributed by atoms with E-state index >= 15 is 0 Å². The molecule has 2 rings (SSSR count). The van der Waals surface area contributed by atoms with Crippen molar-refractivity contribution in [2.75, 3.05) is 32.4 Å². The molecule has 1 aromatic rings. The molecular weight excluding hydrogens is 350 g/mol. The van der Waals surface area contributed by atoms with E-state index < -0.39 is 6.10 Å². The minimum atomic E-state index is -0.506. The molecule has 2 N–H and O–H groups in total. The monoisotopic (exact) mass is 389 g/mol. The van der Waals surface area contributed by atoms with E-state index in [1.54, 1.807) is 0 Å². The van der Waals surface area contributed by atoms with Crippen molar-refractivity contribution in [3.63, 3.8) is 0 Å². The number of nitrogens with two attached hydrogens (primary N) is 1. The highest BCUT2D eigenvalue weighted by Crippen LogP contribution is 2.30. The number of hydrogen-bond donors (Lipinski definition) is 1. The lowest BCUT2D eigenvalue weighted by atomic mass is 10.0. The number of unbranched alkanes of at least 4 members (excludes halogenated alkanes) is 2. The molecule has 0 aliphatic carbocycles. The fraction of sp³-hybridized carbons (Fsp3) is 0.696. The number of aryl methyl sites for hydroxylation is 1. The standard InChI is InChI=1S/C23H39N3O2/c1-7-8-9-12-26-13-10-20(11-14-26)25(6)23(27)19(5)28-21-15-16(2)22(24)18(4)17(21)3/h15,19-20H,7-14,24H2,1-6H3. The average Bonchev–Trinajstić information content (AvgIpc) is 2.70. The number of benzene rings is 1. The number of hydrogen-bond acceptors (Lipinski definition) is 4. The smallest absolute Gasteiger partial charge is 0.263 e. The van der Waals surface area contributed by atoms with Crippen LogP contribution in [0.3, 0.4) is 0 Å². The van der Waals surface area contributed by atoms with Crippen molar-refractivity contribution >= 4 is 11.6 Å². The van der Waals surface area contributed by atoms with Crippen LogP contribution in [0.5, 0.6) is 5.75 Å². The first-order chi connectivity index (χ1) is 13.3. The molecule has 5 nitrogen and oxygen atoms in total. The summed E-state index contributed by atoms with van der Waals surface area (Å²) in [5.74, 6) is 0.806. The molecule has 0 spiro atoms. The number of rotatable bonds is 8. The van der Waals surface area contributed by atoms with Gasteiger partial charge in [-0.05, 0) is 76.3 Å². The second-order valence-corrected chi connectivity index (χ2v) is 8.34. The first kappa shape index (κ1) is 22.5. The van der Waals surface area contributed by atoms with E-state index in [4.69, 9.17) is 10.5 Å². The number of ether oxygens (including phenoxy) is 1. The van der Waals surface area contributed by atoms with Crippen LogP contribution in [-0.2, 0) is 4.79 Å². The number of anilines is 1. The van der Waals surface area contributed by atoms with E-state index in [1.165, 1.54) is 25.8 Å². The van der Waals surface area contributed by atoms with Crippen LogP contribution in [0.1, 0.15) is 62.6 Å². The van der Waals surface area contributed by atoms with Gasteiger partial charge in [-0.15, -0.1) is 0 Å². The van der Waals surface area contributed by atoms with E-state index in [0.29, 0.717) is 6.04 Å². The molecule has 0 aromatic heterocycles. The van der Waals surface area contributed by atoms with E-state index in [1.807, 2.05) is 45.7 Å². The van der Waals surface area contributed by atoms with Crippen LogP contribution >= 0.6 is 0 Å². The van der Waals surface area contributed by atoms with E-state index in [9.17, 15) is 4.79 Å². The molecular formula is C23H39N3O2. The fourth-order valence-corrected chi connectivity index (χ4v) is 4.01. The lowest BCUT2D eigenvalue weighted by Crippen LogP contribution is -2.49. The summed E-state index contributed by atoms with van der Waals surface area (Å²) < 4.78 is 6.06. The second-order valence-electron chi connectivity index (χ2n) is 8.34. The summed E-state index contributed by atoms with van der Waals surface area (Å²) >= 11 is 0. The molecule has 1 aromatic carbocycles. The number of likely N-dealkylation sites (tertiary alicyclic amines) is 1. The zero-order valence-corrected chi connectivity index (χ0v) is 18.7. The van der Waals surface area contributed by atoms with Crippen molar-refractivity contribution < 1.29 is 9.53 Å². The van der Waals surface area contributed by atoms with E-state index in [-0.39, 0.29) is 5.91 Å². The Morgan fingerprint density at radius 2 is 1.89 bits per heavy atom. The van der Waals surface area contributed by atoms with Gasteiger partial charge in [-0.3, -0.25) is 4.79 Å². The summed E-state index contributed by atoms with van der Waals surface area (Å²) in [4.78, 5) is 17.4. The molecule has 0 saturated carbocycles. The predicted octanol–water partition coefficient (Wildman–Crippen LogP) is 4.07. The summed E-state index contributed by atoms with van der Waals surface area (Å²) in [6, 6.07) is 2.24. The Hall–Kier alpha value is -1.75. The Bertz CT molecular complexity index is 666. The lowest BCUT2D eigenvalue weighted by Gasteiger charge is -2.37. The zero-order valence-electron chi connectivity index (χ0n) is 18.7. The van der Waals surface area contributed by atoms with E-state index in [2.05, 4.69) is 11.8 Å². The van der Waals surface area contributed by atoms with Crippen LogP contribution in [-0.4, -0.2) is 54.5 Å². The predicted molar refractivity (Wildman–Crippen MR) is 117 cm³/mol. The quantitative estimate of drug-likeness (QED) is 0.538. The molecule has 1 heterocycles. The first-order valence-corrected chi connectivity index (χ1v) is 10.8. The number of carbonyl (C=O) groups is 1. The minimum absolute atomic E-state index is 0.0518. The van der Waals surface area contributed by atoms with Gasteiger partial charge in [0.05, 0.1) is 0 Å². The minimum Gasteiger partial charge on any atom is -0.481 e. The van der Waals surface area contributed by atoms with Crippen LogP contribution in [0.2, 0.25) is 0 Å². The highest BCUT2D eigenvalue weighted by molar-refractivity contribution is 5.81. The van der Waals surface area contributed by atoms with Gasteiger partial charge in [0.15, 0.2) is 6.10 Å². The fourth-order valence-electron chi connectivity index (χ4n) is 4.01. The van der Waals surface area contributed by atoms with Gasteiger partial charge < -0.3 is 20.3 Å². The first-order valence-electron chi connectivity index (χ1n) is 10.8. The summed E-state index contributed by atoms with van der Waals surface area (Å²) in [7, 11) is 1.92. The number of piperidine rings is 1. The summed E-state index contributed by atoms with van der Waals surface area (Å²) in [5.41, 5.74) is 9.92. The van der Waals surface area contributed by atoms with Gasteiger partial charge in [0, 0.05) is 31.9 Å². The van der Waals surface area contributed by atoms with E-state index in [0.717, 1.165) is 54.1 Å². The molecule has 0 radical (unpaired) electrons. The van der Waals surface area contributed by atoms with Crippen LogP contribution in [0.15, 0.2) is 6.07 Å². The van der Waals surface area contributed by atoms with Crippen molar-refractivity contribution in [3.05, 3.63) is 22.8 Å². The number of nitrogen functional groups attached to an aromatic ring is 1. The Kier molecular flexibility index (Phi) is 8.17. The summed E-state index contributed by atoms with van der Waals surface area (Å²) in [6.07, 6.45) is 5.42. The third-order valence-electron chi connectivity index (χ3n) is 6.29. The molecule has 1 aliphatic heterocycles. The molecule has 1 amide bonds. The maximum absolute atomic E-state index is 12.9. The highest BCUT2D eigenvalue weighted by atomic mass is 16.5. The number of likely N-dealkylation sites (N-methyl/N-ethyl adjacent to an activating group) is 1. The van der Waals surface area contributed by atoms with Gasteiger partial charge in [-0.2, -0.15) is 0 Å². The molecule has 1 fully saturated rings. The van der Waals surface area contributed by atoms with Crippen LogP contribution in [0.25, 0.3) is 0 Å². The topological polar surface area (TPSA) is 58.8 Å². The Labute approximate surface area is 171 Å². The van der Waals surface area contributed by atoms with Gasteiger partial charge in [0.1, 0.15) is 5.75 Å². The van der Waals surface area contributed by atoms with Crippen molar-refractivity contribution in [3.8, 4) is 5.75 Å². The largest absolute Gasteiger partial charge is 0.481 e. The normalized spacial score (nSPS) is 16.8. The second kappa shape index (κ2) is 10.1. The van der Waals surface area contributed by atoms with Crippen LogP contribution in [0, 0.1) is 20.8 Å². The lowest BCUT2D eigenvalue weighted by molar-refractivity contribution is -0.139. The third kappa shape index (κ3) is 5.40. The molecule has 158 valence electrons. The molecule has 1 atom stereocenters. The zero-order chi connectivity index (χ0) is 20.8. The maximum Gasteiger partial charge on any atom is 0.263 e.